The summed E-state index contributed by atoms with van der Waals surface area (Å²) in [5, 5.41) is 6.78. The van der Waals surface area contributed by atoms with Gasteiger partial charge in [-0.15, -0.1) is 24.0 Å². The third-order valence-electron chi connectivity index (χ3n) is 4.23. The third kappa shape index (κ3) is 11.5. The number of hydrogen-bond acceptors (Lipinski definition) is 3. The van der Waals surface area contributed by atoms with Crippen molar-refractivity contribution in [1.82, 2.24) is 15.5 Å². The first-order valence-electron chi connectivity index (χ1n) is 9.03. The average molecular weight is 456 g/mol. The van der Waals surface area contributed by atoms with Crippen LogP contribution in [0.25, 0.3) is 0 Å². The summed E-state index contributed by atoms with van der Waals surface area (Å²) in [5.41, 5.74) is 0. The first-order valence-corrected chi connectivity index (χ1v) is 10.4. The Morgan fingerprint density at radius 2 is 2.04 bits per heavy atom. The van der Waals surface area contributed by atoms with Crippen molar-refractivity contribution in [3.8, 4) is 0 Å². The Morgan fingerprint density at radius 3 is 2.74 bits per heavy atom. The molecule has 0 aromatic heterocycles. The van der Waals surface area contributed by atoms with Gasteiger partial charge in [0.15, 0.2) is 5.96 Å². The van der Waals surface area contributed by atoms with Gasteiger partial charge in [-0.2, -0.15) is 11.8 Å². The van der Waals surface area contributed by atoms with E-state index in [0.717, 1.165) is 38.1 Å². The fourth-order valence-electron chi connectivity index (χ4n) is 2.87. The molecule has 0 aliphatic carbocycles. The molecule has 1 saturated heterocycles. The molecule has 23 heavy (non-hydrogen) atoms. The number of thioether (sulfide) groups is 1. The third-order valence-corrected chi connectivity index (χ3v) is 4.92. The van der Waals surface area contributed by atoms with Gasteiger partial charge in [0.25, 0.3) is 0 Å². The second-order valence-electron chi connectivity index (χ2n) is 6.12. The highest BCUT2D eigenvalue weighted by atomic mass is 127. The Labute approximate surface area is 165 Å². The van der Waals surface area contributed by atoms with E-state index in [4.69, 9.17) is 4.99 Å². The van der Waals surface area contributed by atoms with E-state index in [-0.39, 0.29) is 24.0 Å². The van der Waals surface area contributed by atoms with Gasteiger partial charge in [-0.25, -0.2) is 0 Å². The quantitative estimate of drug-likeness (QED) is 0.228. The molecule has 1 rings (SSSR count). The Kier molecular flexibility index (Phi) is 16.0. The van der Waals surface area contributed by atoms with Gasteiger partial charge in [0.2, 0.25) is 0 Å². The van der Waals surface area contributed by atoms with E-state index < -0.39 is 0 Å². The van der Waals surface area contributed by atoms with Gasteiger partial charge >= 0.3 is 0 Å². The van der Waals surface area contributed by atoms with Crippen molar-refractivity contribution < 1.29 is 0 Å². The van der Waals surface area contributed by atoms with Crippen LogP contribution in [0, 0.1) is 0 Å². The molecule has 0 spiro atoms. The summed E-state index contributed by atoms with van der Waals surface area (Å²) in [7, 11) is 0. The number of nitrogens with zero attached hydrogens (tertiary/aromatic N) is 2. The molecule has 1 fully saturated rings. The van der Waals surface area contributed by atoms with Crippen LogP contribution in [-0.2, 0) is 0 Å². The number of piperidine rings is 1. The lowest BCUT2D eigenvalue weighted by Gasteiger charge is -2.33. The number of unbranched alkanes of at least 4 members (excludes halogenated alkanes) is 1. The van der Waals surface area contributed by atoms with Crippen LogP contribution in [0.4, 0.5) is 0 Å². The molecule has 1 aliphatic rings. The van der Waals surface area contributed by atoms with Crippen molar-refractivity contribution in [2.24, 2.45) is 4.99 Å². The van der Waals surface area contributed by atoms with Crippen LogP contribution < -0.4 is 10.6 Å². The fourth-order valence-corrected chi connectivity index (χ4v) is 3.37. The van der Waals surface area contributed by atoms with Crippen LogP contribution in [0.1, 0.15) is 52.4 Å². The lowest BCUT2D eigenvalue weighted by molar-refractivity contribution is 0.160. The molecule has 0 bridgehead atoms. The molecule has 0 aromatic carbocycles. The normalized spacial score (nSPS) is 19.3. The predicted octanol–water partition coefficient (Wildman–Crippen LogP) is 3.57. The standard InChI is InChI=1S/C17H36N4S.HI/c1-4-18-17(19-11-6-8-15-22-3)20-12-9-14-21-13-7-5-10-16(21)2;/h16H,4-15H2,1-3H3,(H2,18,19,20);1H. The molecule has 1 heterocycles. The Bertz CT molecular complexity index is 302. The number of rotatable bonds is 10. The largest absolute Gasteiger partial charge is 0.357 e. The number of likely N-dealkylation sites (tertiary alicyclic amines) is 1. The summed E-state index contributed by atoms with van der Waals surface area (Å²) in [6.07, 6.45) is 9.96. The fraction of sp³-hybridized carbons (Fsp3) is 0.941. The van der Waals surface area contributed by atoms with Crippen molar-refractivity contribution >= 4 is 41.7 Å². The van der Waals surface area contributed by atoms with Gasteiger partial charge in [-0.3, -0.25) is 4.99 Å². The van der Waals surface area contributed by atoms with Crippen molar-refractivity contribution in [2.75, 3.05) is 44.7 Å². The summed E-state index contributed by atoms with van der Waals surface area (Å²) in [6, 6.07) is 0.764. The van der Waals surface area contributed by atoms with Crippen LogP contribution >= 0.6 is 35.7 Å². The van der Waals surface area contributed by atoms with E-state index in [9.17, 15) is 0 Å². The predicted molar refractivity (Wildman–Crippen MR) is 117 cm³/mol. The molecule has 0 amide bonds. The average Bonchev–Trinajstić information content (AvgIpc) is 2.52. The molecule has 0 saturated carbocycles. The number of nitrogens with one attached hydrogen (secondary N) is 2. The zero-order chi connectivity index (χ0) is 16.0. The van der Waals surface area contributed by atoms with E-state index in [1.807, 2.05) is 11.8 Å². The van der Waals surface area contributed by atoms with Crippen LogP contribution in [0.2, 0.25) is 0 Å². The lowest BCUT2D eigenvalue weighted by atomic mass is 10.0. The summed E-state index contributed by atoms with van der Waals surface area (Å²) in [6.45, 7) is 9.83. The zero-order valence-corrected chi connectivity index (χ0v) is 18.4. The smallest absolute Gasteiger partial charge is 0.191 e. The Morgan fingerprint density at radius 1 is 1.22 bits per heavy atom. The van der Waals surface area contributed by atoms with Crippen molar-refractivity contribution in [1.29, 1.82) is 0 Å². The van der Waals surface area contributed by atoms with Crippen LogP contribution in [-0.4, -0.2) is 61.6 Å². The first-order chi connectivity index (χ1) is 10.8. The molecule has 0 aromatic rings. The summed E-state index contributed by atoms with van der Waals surface area (Å²) >= 11 is 1.92. The van der Waals surface area contributed by atoms with Crippen molar-refractivity contribution in [2.45, 2.75) is 58.4 Å². The van der Waals surface area contributed by atoms with E-state index in [2.05, 4.69) is 35.6 Å². The highest BCUT2D eigenvalue weighted by Crippen LogP contribution is 2.16. The van der Waals surface area contributed by atoms with Crippen LogP contribution in [0.3, 0.4) is 0 Å². The molecule has 138 valence electrons. The monoisotopic (exact) mass is 456 g/mol. The molecule has 1 aliphatic heterocycles. The number of aliphatic imine (C=N–C) groups is 1. The molecular weight excluding hydrogens is 419 g/mol. The van der Waals surface area contributed by atoms with Gasteiger partial charge in [-0.1, -0.05) is 6.42 Å². The van der Waals surface area contributed by atoms with Crippen molar-refractivity contribution in [3.05, 3.63) is 0 Å². The van der Waals surface area contributed by atoms with E-state index in [1.54, 1.807) is 0 Å². The van der Waals surface area contributed by atoms with E-state index >= 15 is 0 Å². The van der Waals surface area contributed by atoms with Gasteiger partial charge in [0.1, 0.15) is 0 Å². The topological polar surface area (TPSA) is 39.7 Å². The van der Waals surface area contributed by atoms with E-state index in [1.165, 1.54) is 50.9 Å². The summed E-state index contributed by atoms with van der Waals surface area (Å²) < 4.78 is 0. The molecular formula is C17H37IN4S. The first kappa shape index (κ1) is 23.3. The zero-order valence-electron chi connectivity index (χ0n) is 15.3. The summed E-state index contributed by atoms with van der Waals surface area (Å²) in [5.74, 6) is 2.24. The number of halogens is 1. The maximum absolute atomic E-state index is 4.70. The van der Waals surface area contributed by atoms with Gasteiger partial charge < -0.3 is 15.5 Å². The maximum Gasteiger partial charge on any atom is 0.191 e. The second kappa shape index (κ2) is 15.8. The van der Waals surface area contributed by atoms with Gasteiger partial charge in [0.05, 0.1) is 0 Å². The van der Waals surface area contributed by atoms with E-state index in [0.29, 0.717) is 0 Å². The lowest BCUT2D eigenvalue weighted by Crippen LogP contribution is -2.39. The highest BCUT2D eigenvalue weighted by Gasteiger charge is 2.16. The minimum absolute atomic E-state index is 0. The Balaban J connectivity index is 0.00000484. The van der Waals surface area contributed by atoms with Gasteiger partial charge in [0, 0.05) is 32.2 Å². The SMILES string of the molecule is CCNC(=NCCCN1CCCCC1C)NCCCCSC.I. The number of guanidine groups is 1. The molecule has 0 radical (unpaired) electrons. The number of hydrogen-bond donors (Lipinski definition) is 2. The second-order valence-corrected chi connectivity index (χ2v) is 7.11. The molecule has 4 nitrogen and oxygen atoms in total. The Hall–Kier alpha value is 0.310. The summed E-state index contributed by atoms with van der Waals surface area (Å²) in [4.78, 5) is 7.33. The molecule has 1 unspecified atom stereocenters. The maximum atomic E-state index is 4.70. The minimum atomic E-state index is 0. The van der Waals surface area contributed by atoms with Crippen molar-refractivity contribution in [3.63, 3.8) is 0 Å². The van der Waals surface area contributed by atoms with Crippen LogP contribution in [0.5, 0.6) is 0 Å². The molecule has 2 N–H and O–H groups in total. The van der Waals surface area contributed by atoms with Crippen LogP contribution in [0.15, 0.2) is 4.99 Å². The minimum Gasteiger partial charge on any atom is -0.357 e. The van der Waals surface area contributed by atoms with Gasteiger partial charge in [-0.05, 0) is 64.5 Å². The highest BCUT2D eigenvalue weighted by molar-refractivity contribution is 14.0. The molecule has 6 heteroatoms. The molecule has 1 atom stereocenters.